The number of unbranched alkanes of at least 4 members (excludes halogenated alkanes) is 2. The summed E-state index contributed by atoms with van der Waals surface area (Å²) in [5, 5.41) is 0.488. The molecule has 0 N–H and O–H groups in total. The SMILES string of the molecule is CCCCO[C@@H]1[C@H]2N=C(N(C)C(=O)OC(C)(C)C)S[C@H]2O[C@H](C=O)[C@H]1OCCCC. The zero-order valence-corrected chi connectivity index (χ0v) is 19.8. The summed E-state index contributed by atoms with van der Waals surface area (Å²) < 4.78 is 23.6. The summed E-state index contributed by atoms with van der Waals surface area (Å²) in [7, 11) is 1.62. The quantitative estimate of drug-likeness (QED) is 0.396. The van der Waals surface area contributed by atoms with Crippen molar-refractivity contribution in [3.8, 4) is 0 Å². The van der Waals surface area contributed by atoms with E-state index in [1.165, 1.54) is 16.7 Å². The molecule has 5 atom stereocenters. The molecule has 2 heterocycles. The zero-order chi connectivity index (χ0) is 22.3. The molecule has 8 nitrogen and oxygen atoms in total. The van der Waals surface area contributed by atoms with Gasteiger partial charge in [0.2, 0.25) is 0 Å². The molecule has 0 aromatic carbocycles. The van der Waals surface area contributed by atoms with Crippen LogP contribution < -0.4 is 0 Å². The summed E-state index contributed by atoms with van der Waals surface area (Å²) in [6.45, 7) is 10.7. The number of hydrogen-bond donors (Lipinski definition) is 0. The number of thioether (sulfide) groups is 1. The summed E-state index contributed by atoms with van der Waals surface area (Å²) in [5.74, 6) is 0. The second-order valence-corrected chi connectivity index (χ2v) is 9.61. The predicted octanol–water partition coefficient (Wildman–Crippen LogP) is 3.62. The Bertz CT molecular complexity index is 609. The Morgan fingerprint density at radius 3 is 2.30 bits per heavy atom. The van der Waals surface area contributed by atoms with Crippen LogP contribution in [0.2, 0.25) is 0 Å². The van der Waals surface area contributed by atoms with Crippen molar-refractivity contribution in [3.63, 3.8) is 0 Å². The minimum atomic E-state index is -0.733. The van der Waals surface area contributed by atoms with Gasteiger partial charge in [0, 0.05) is 20.3 Å². The van der Waals surface area contributed by atoms with Gasteiger partial charge in [-0.3, -0.25) is 9.89 Å². The number of rotatable bonds is 9. The first kappa shape index (κ1) is 25.1. The van der Waals surface area contributed by atoms with Crippen molar-refractivity contribution in [2.45, 2.75) is 95.7 Å². The van der Waals surface area contributed by atoms with Crippen LogP contribution in [0.1, 0.15) is 60.3 Å². The van der Waals surface area contributed by atoms with Crippen LogP contribution in [-0.2, 0) is 23.7 Å². The summed E-state index contributed by atoms with van der Waals surface area (Å²) >= 11 is 1.31. The third-order valence-corrected chi connectivity index (χ3v) is 5.95. The summed E-state index contributed by atoms with van der Waals surface area (Å²) in [5.41, 5.74) is -1.02. The standard InChI is InChI=1S/C21H36N2O6S/c1-7-9-11-26-16-14(13-24)28-18-15(17(16)27-12-10-8-2)22-19(30-18)23(6)20(25)29-21(3,4)5/h13-18H,7-12H2,1-6H3/t14-,15-,16-,17-,18-/m1/s1. The molecule has 0 saturated carbocycles. The van der Waals surface area contributed by atoms with Crippen molar-refractivity contribution in [2.24, 2.45) is 4.99 Å². The van der Waals surface area contributed by atoms with E-state index in [9.17, 15) is 9.59 Å². The minimum Gasteiger partial charge on any atom is -0.443 e. The average molecular weight is 445 g/mol. The van der Waals surface area contributed by atoms with Gasteiger partial charge in [-0.25, -0.2) is 4.79 Å². The fourth-order valence-corrected chi connectivity index (χ4v) is 4.30. The third-order valence-electron chi connectivity index (χ3n) is 4.74. The minimum absolute atomic E-state index is 0.366. The number of ether oxygens (including phenoxy) is 4. The van der Waals surface area contributed by atoms with Gasteiger partial charge in [0.05, 0.1) is 0 Å². The highest BCUT2D eigenvalue weighted by Crippen LogP contribution is 2.39. The number of aliphatic imine (C=N–C) groups is 1. The largest absolute Gasteiger partial charge is 0.443 e. The number of carbonyl (C=O) groups is 2. The van der Waals surface area contributed by atoms with E-state index in [-0.39, 0.29) is 6.04 Å². The summed E-state index contributed by atoms with van der Waals surface area (Å²) in [4.78, 5) is 30.3. The van der Waals surface area contributed by atoms with Crippen LogP contribution in [0.3, 0.4) is 0 Å². The predicted molar refractivity (Wildman–Crippen MR) is 117 cm³/mol. The number of amidine groups is 1. The van der Waals surface area contributed by atoms with Gasteiger partial charge >= 0.3 is 6.09 Å². The second kappa shape index (κ2) is 11.5. The first-order valence-electron chi connectivity index (χ1n) is 10.8. The number of fused-ring (bicyclic) bond motifs is 1. The van der Waals surface area contributed by atoms with Crippen LogP contribution in [-0.4, -0.2) is 78.1 Å². The molecule has 2 rings (SSSR count). The van der Waals surface area contributed by atoms with Gasteiger partial charge in [0.1, 0.15) is 35.4 Å². The highest BCUT2D eigenvalue weighted by molar-refractivity contribution is 8.14. The molecular formula is C21H36N2O6S. The molecule has 2 aliphatic rings. The Morgan fingerprint density at radius 2 is 1.77 bits per heavy atom. The molecule has 0 bridgehead atoms. The van der Waals surface area contributed by atoms with Crippen LogP contribution in [0.5, 0.6) is 0 Å². The van der Waals surface area contributed by atoms with E-state index in [2.05, 4.69) is 13.8 Å². The van der Waals surface area contributed by atoms with Crippen LogP contribution in [0.15, 0.2) is 4.99 Å². The van der Waals surface area contributed by atoms with E-state index in [1.807, 2.05) is 20.8 Å². The number of amides is 1. The van der Waals surface area contributed by atoms with E-state index < -0.39 is 35.4 Å². The Labute approximate surface area is 184 Å². The van der Waals surface area contributed by atoms with Crippen LogP contribution in [0, 0.1) is 0 Å². The maximum Gasteiger partial charge on any atom is 0.416 e. The van der Waals surface area contributed by atoms with Crippen molar-refractivity contribution in [1.82, 2.24) is 4.90 Å². The molecule has 172 valence electrons. The summed E-state index contributed by atoms with van der Waals surface area (Å²) in [6.07, 6.45) is 2.40. The van der Waals surface area contributed by atoms with E-state index in [1.54, 1.807) is 7.05 Å². The molecular weight excluding hydrogens is 408 g/mol. The van der Waals surface area contributed by atoms with Gasteiger partial charge in [-0.05, 0) is 33.6 Å². The maximum absolute atomic E-state index is 12.5. The van der Waals surface area contributed by atoms with Crippen LogP contribution in [0.25, 0.3) is 0 Å². The van der Waals surface area contributed by atoms with Crippen molar-refractivity contribution < 1.29 is 28.5 Å². The molecule has 30 heavy (non-hydrogen) atoms. The summed E-state index contributed by atoms with van der Waals surface area (Å²) in [6, 6.07) is -0.366. The van der Waals surface area contributed by atoms with Gasteiger partial charge in [-0.2, -0.15) is 0 Å². The monoisotopic (exact) mass is 444 g/mol. The van der Waals surface area contributed by atoms with Crippen LogP contribution in [0.4, 0.5) is 4.79 Å². The van der Waals surface area contributed by atoms with Gasteiger partial charge in [0.15, 0.2) is 11.5 Å². The lowest BCUT2D eigenvalue weighted by Crippen LogP contribution is -2.57. The third kappa shape index (κ3) is 6.67. The van der Waals surface area contributed by atoms with Crippen molar-refractivity contribution >= 4 is 29.3 Å². The molecule has 1 amide bonds. The molecule has 0 radical (unpaired) electrons. The second-order valence-electron chi connectivity index (χ2n) is 8.54. The number of carbonyl (C=O) groups excluding carboxylic acids is 2. The molecule has 1 fully saturated rings. The Balaban J connectivity index is 2.20. The topological polar surface area (TPSA) is 86.7 Å². The molecule has 0 aliphatic carbocycles. The van der Waals surface area contributed by atoms with Crippen molar-refractivity contribution in [3.05, 3.63) is 0 Å². The van der Waals surface area contributed by atoms with Gasteiger partial charge in [0.25, 0.3) is 0 Å². The molecule has 0 aromatic rings. The lowest BCUT2D eigenvalue weighted by molar-refractivity contribution is -0.188. The van der Waals surface area contributed by atoms with Gasteiger partial charge in [-0.1, -0.05) is 38.5 Å². The van der Waals surface area contributed by atoms with Crippen molar-refractivity contribution in [1.29, 1.82) is 0 Å². The average Bonchev–Trinajstić information content (AvgIpc) is 3.10. The first-order valence-corrected chi connectivity index (χ1v) is 11.6. The van der Waals surface area contributed by atoms with E-state index >= 15 is 0 Å². The Morgan fingerprint density at radius 1 is 1.17 bits per heavy atom. The zero-order valence-electron chi connectivity index (χ0n) is 19.0. The van der Waals surface area contributed by atoms with Crippen LogP contribution >= 0.6 is 11.8 Å². The smallest absolute Gasteiger partial charge is 0.416 e. The molecule has 0 aromatic heterocycles. The highest BCUT2D eigenvalue weighted by atomic mass is 32.2. The number of aldehydes is 1. The number of nitrogens with zero attached hydrogens (tertiary/aromatic N) is 2. The van der Waals surface area contributed by atoms with E-state index in [0.29, 0.717) is 18.4 Å². The fraction of sp³-hybridized carbons (Fsp3) is 0.857. The maximum atomic E-state index is 12.5. The molecule has 9 heteroatoms. The molecule has 2 aliphatic heterocycles. The fourth-order valence-electron chi connectivity index (χ4n) is 3.14. The first-order chi connectivity index (χ1) is 14.2. The number of hydrogen-bond acceptors (Lipinski definition) is 8. The lowest BCUT2D eigenvalue weighted by atomic mass is 9.98. The Hall–Kier alpha value is -1.16. The van der Waals surface area contributed by atoms with Gasteiger partial charge in [-0.15, -0.1) is 0 Å². The lowest BCUT2D eigenvalue weighted by Gasteiger charge is -2.40. The normalized spacial score (nSPS) is 28.6. The molecule has 0 unspecified atom stereocenters. The van der Waals surface area contributed by atoms with Crippen molar-refractivity contribution in [2.75, 3.05) is 20.3 Å². The van der Waals surface area contributed by atoms with E-state index in [0.717, 1.165) is 32.0 Å². The molecule has 1 saturated heterocycles. The Kier molecular flexibility index (Phi) is 9.59. The highest BCUT2D eigenvalue weighted by Gasteiger charge is 2.51. The molecule has 0 spiro atoms. The van der Waals surface area contributed by atoms with Gasteiger partial charge < -0.3 is 23.7 Å². The van der Waals surface area contributed by atoms with E-state index in [4.69, 9.17) is 23.9 Å².